The Balaban J connectivity index is 2.01. The molecule has 0 unspecified atom stereocenters. The summed E-state index contributed by atoms with van der Waals surface area (Å²) in [5.41, 5.74) is 1.65. The number of hydrogen-bond acceptors (Lipinski definition) is 5. The number of aliphatic carboxylic acids is 1. The average molecular weight is 252 g/mol. The van der Waals surface area contributed by atoms with Crippen LogP contribution in [0, 0.1) is 0 Å². The van der Waals surface area contributed by atoms with E-state index in [2.05, 4.69) is 15.2 Å². The van der Waals surface area contributed by atoms with Gasteiger partial charge in [0.15, 0.2) is 5.13 Å². The highest BCUT2D eigenvalue weighted by Crippen LogP contribution is 2.21. The predicted octanol–water partition coefficient (Wildman–Crippen LogP) is 1.13. The van der Waals surface area contributed by atoms with Crippen LogP contribution in [0.15, 0.2) is 17.8 Å². The van der Waals surface area contributed by atoms with Gasteiger partial charge in [0.2, 0.25) is 0 Å². The van der Waals surface area contributed by atoms with E-state index in [-0.39, 0.29) is 6.42 Å². The van der Waals surface area contributed by atoms with Gasteiger partial charge in [0.05, 0.1) is 18.3 Å². The summed E-state index contributed by atoms with van der Waals surface area (Å²) in [5.74, 6) is -0.862. The number of carboxylic acids is 1. The van der Waals surface area contributed by atoms with Crippen LogP contribution in [-0.2, 0) is 17.8 Å². The smallest absolute Gasteiger partial charge is 0.309 e. The van der Waals surface area contributed by atoms with E-state index in [1.807, 2.05) is 18.1 Å². The fourth-order valence-corrected chi connectivity index (χ4v) is 2.21. The molecule has 0 saturated carbocycles. The van der Waals surface area contributed by atoms with Gasteiger partial charge in [-0.15, -0.1) is 11.3 Å². The van der Waals surface area contributed by atoms with Crippen LogP contribution in [0.3, 0.4) is 0 Å². The second-order valence-electron chi connectivity index (χ2n) is 3.65. The number of thiazole rings is 1. The minimum absolute atomic E-state index is 0.0317. The zero-order valence-electron chi connectivity index (χ0n) is 9.25. The standard InChI is InChI=1S/C10H12N4O2S/c1-14(5-7-3-11-12-4-7)10-13-8(6-17-10)2-9(15)16/h3-4,6H,2,5H2,1H3,(H,11,12)(H,15,16). The Hall–Kier alpha value is -1.89. The maximum atomic E-state index is 10.5. The summed E-state index contributed by atoms with van der Waals surface area (Å²) in [5, 5.41) is 17.9. The molecule has 0 saturated heterocycles. The number of rotatable bonds is 5. The van der Waals surface area contributed by atoms with Crippen LogP contribution in [0.5, 0.6) is 0 Å². The summed E-state index contributed by atoms with van der Waals surface area (Å²) in [6.45, 7) is 0.691. The molecule has 7 heteroatoms. The zero-order chi connectivity index (χ0) is 12.3. The van der Waals surface area contributed by atoms with Crippen molar-refractivity contribution in [3.63, 3.8) is 0 Å². The second-order valence-corrected chi connectivity index (χ2v) is 4.49. The van der Waals surface area contributed by atoms with Crippen LogP contribution >= 0.6 is 11.3 Å². The lowest BCUT2D eigenvalue weighted by molar-refractivity contribution is -0.136. The normalized spacial score (nSPS) is 10.4. The number of aromatic amines is 1. The topological polar surface area (TPSA) is 82.1 Å². The third-order valence-corrected chi connectivity index (χ3v) is 3.18. The molecule has 2 aromatic heterocycles. The molecule has 17 heavy (non-hydrogen) atoms. The number of nitrogens with zero attached hydrogens (tertiary/aromatic N) is 3. The number of carbonyl (C=O) groups is 1. The van der Waals surface area contributed by atoms with Gasteiger partial charge in [-0.1, -0.05) is 0 Å². The van der Waals surface area contributed by atoms with Crippen LogP contribution in [-0.4, -0.2) is 33.3 Å². The molecule has 0 aromatic carbocycles. The van der Waals surface area contributed by atoms with Gasteiger partial charge in [0.25, 0.3) is 0 Å². The third kappa shape index (κ3) is 3.04. The summed E-state index contributed by atoms with van der Waals surface area (Å²) < 4.78 is 0. The van der Waals surface area contributed by atoms with Gasteiger partial charge in [0, 0.05) is 30.7 Å². The minimum Gasteiger partial charge on any atom is -0.481 e. The van der Waals surface area contributed by atoms with Crippen molar-refractivity contribution in [2.24, 2.45) is 0 Å². The predicted molar refractivity (Wildman–Crippen MR) is 64.1 cm³/mol. The van der Waals surface area contributed by atoms with Crippen LogP contribution in [0.25, 0.3) is 0 Å². The Bertz CT molecular complexity index is 494. The van der Waals surface area contributed by atoms with Crippen molar-refractivity contribution in [1.29, 1.82) is 0 Å². The third-order valence-electron chi connectivity index (χ3n) is 2.17. The van der Waals surface area contributed by atoms with Gasteiger partial charge in [-0.05, 0) is 0 Å². The van der Waals surface area contributed by atoms with Crippen LogP contribution in [0.2, 0.25) is 0 Å². The van der Waals surface area contributed by atoms with E-state index < -0.39 is 5.97 Å². The fourth-order valence-electron chi connectivity index (χ4n) is 1.41. The first-order chi connectivity index (χ1) is 8.15. The molecule has 0 amide bonds. The molecule has 2 rings (SSSR count). The molecule has 2 aromatic rings. The van der Waals surface area contributed by atoms with Crippen molar-refractivity contribution in [2.45, 2.75) is 13.0 Å². The molecule has 0 spiro atoms. The molecule has 0 aliphatic rings. The molecular weight excluding hydrogens is 240 g/mol. The average Bonchev–Trinajstić information content (AvgIpc) is 2.87. The molecule has 0 radical (unpaired) electrons. The van der Waals surface area contributed by atoms with E-state index >= 15 is 0 Å². The van der Waals surface area contributed by atoms with E-state index in [4.69, 9.17) is 5.11 Å². The highest BCUT2D eigenvalue weighted by molar-refractivity contribution is 7.13. The van der Waals surface area contributed by atoms with E-state index in [1.54, 1.807) is 11.6 Å². The SMILES string of the molecule is CN(Cc1cn[nH]c1)c1nc(CC(=O)O)cs1. The maximum absolute atomic E-state index is 10.5. The monoisotopic (exact) mass is 252 g/mol. The summed E-state index contributed by atoms with van der Waals surface area (Å²) >= 11 is 1.44. The molecule has 0 atom stereocenters. The molecule has 90 valence electrons. The summed E-state index contributed by atoms with van der Waals surface area (Å²) in [7, 11) is 1.91. The van der Waals surface area contributed by atoms with Gasteiger partial charge in [0.1, 0.15) is 0 Å². The fraction of sp³-hybridized carbons (Fsp3) is 0.300. The van der Waals surface area contributed by atoms with Crippen molar-refractivity contribution in [2.75, 3.05) is 11.9 Å². The largest absolute Gasteiger partial charge is 0.481 e. The van der Waals surface area contributed by atoms with Gasteiger partial charge < -0.3 is 10.0 Å². The summed E-state index contributed by atoms with van der Waals surface area (Å²) in [6.07, 6.45) is 3.54. The maximum Gasteiger partial charge on any atom is 0.309 e. The molecular formula is C10H12N4O2S. The highest BCUT2D eigenvalue weighted by atomic mass is 32.1. The van der Waals surface area contributed by atoms with Crippen LogP contribution in [0.1, 0.15) is 11.3 Å². The lowest BCUT2D eigenvalue weighted by atomic mass is 10.3. The van der Waals surface area contributed by atoms with E-state index in [0.29, 0.717) is 12.2 Å². The Kier molecular flexibility index (Phi) is 3.38. The van der Waals surface area contributed by atoms with Crippen molar-refractivity contribution in [3.8, 4) is 0 Å². The second kappa shape index (κ2) is 4.96. The lowest BCUT2D eigenvalue weighted by Gasteiger charge is -2.13. The number of nitrogens with one attached hydrogen (secondary N) is 1. The molecule has 0 bridgehead atoms. The molecule has 0 fully saturated rings. The first-order valence-corrected chi connectivity index (χ1v) is 5.88. The Labute approximate surface area is 102 Å². The van der Waals surface area contributed by atoms with Gasteiger partial charge in [-0.2, -0.15) is 5.10 Å². The molecule has 2 N–H and O–H groups in total. The minimum atomic E-state index is -0.862. The number of hydrogen-bond donors (Lipinski definition) is 2. The van der Waals surface area contributed by atoms with Gasteiger partial charge >= 0.3 is 5.97 Å². The Morgan fingerprint density at radius 1 is 1.65 bits per heavy atom. The van der Waals surface area contributed by atoms with Crippen molar-refractivity contribution in [1.82, 2.24) is 15.2 Å². The van der Waals surface area contributed by atoms with Gasteiger partial charge in [-0.25, -0.2) is 4.98 Å². The van der Waals surface area contributed by atoms with Crippen molar-refractivity contribution >= 4 is 22.4 Å². The zero-order valence-corrected chi connectivity index (χ0v) is 10.1. The first kappa shape index (κ1) is 11.6. The van der Waals surface area contributed by atoms with E-state index in [1.165, 1.54) is 11.3 Å². The van der Waals surface area contributed by atoms with E-state index in [0.717, 1.165) is 10.7 Å². The van der Waals surface area contributed by atoms with Crippen LogP contribution < -0.4 is 4.90 Å². The number of aromatic nitrogens is 3. The lowest BCUT2D eigenvalue weighted by Crippen LogP contribution is -2.15. The Morgan fingerprint density at radius 3 is 3.12 bits per heavy atom. The van der Waals surface area contributed by atoms with Crippen molar-refractivity contribution in [3.05, 3.63) is 29.0 Å². The summed E-state index contributed by atoms with van der Waals surface area (Å²) in [4.78, 5) is 16.8. The summed E-state index contributed by atoms with van der Waals surface area (Å²) in [6, 6.07) is 0. The quantitative estimate of drug-likeness (QED) is 0.833. The highest BCUT2D eigenvalue weighted by Gasteiger charge is 2.10. The molecule has 2 heterocycles. The van der Waals surface area contributed by atoms with Crippen LogP contribution in [0.4, 0.5) is 5.13 Å². The number of H-pyrrole nitrogens is 1. The number of carboxylic acid groups (broad SMARTS) is 1. The first-order valence-electron chi connectivity index (χ1n) is 5.00. The molecule has 0 aliphatic heterocycles. The molecule has 6 nitrogen and oxygen atoms in total. The van der Waals surface area contributed by atoms with E-state index in [9.17, 15) is 4.79 Å². The molecule has 0 aliphatic carbocycles. The van der Waals surface area contributed by atoms with Gasteiger partial charge in [-0.3, -0.25) is 9.89 Å². The Morgan fingerprint density at radius 2 is 2.47 bits per heavy atom. The number of anilines is 1. The van der Waals surface area contributed by atoms with Crippen molar-refractivity contribution < 1.29 is 9.90 Å².